The molecule has 0 bridgehead atoms. The van der Waals surface area contributed by atoms with Gasteiger partial charge in [-0.3, -0.25) is 9.59 Å². The Morgan fingerprint density at radius 1 is 1.50 bits per heavy atom. The molecule has 2 aliphatic rings. The predicted molar refractivity (Wildman–Crippen MR) is 68.9 cm³/mol. The molecule has 98 valence electrons. The molecule has 0 radical (unpaired) electrons. The smallest absolute Gasteiger partial charge is 0.305 e. The van der Waals surface area contributed by atoms with Crippen LogP contribution in [0.15, 0.2) is 23.3 Å². The highest BCUT2D eigenvalue weighted by Gasteiger charge is 2.35. The summed E-state index contributed by atoms with van der Waals surface area (Å²) in [4.78, 5) is 21.8. The van der Waals surface area contributed by atoms with E-state index in [1.807, 2.05) is 0 Å². The molecule has 0 aromatic carbocycles. The summed E-state index contributed by atoms with van der Waals surface area (Å²) in [5.74, 6) is 0.981. The normalized spacial score (nSPS) is 28.1. The third-order valence-corrected chi connectivity index (χ3v) is 4.04. The molecular weight excluding hydrogens is 228 g/mol. The van der Waals surface area contributed by atoms with Gasteiger partial charge in [0.1, 0.15) is 6.29 Å². The molecule has 0 spiro atoms. The second-order valence-electron chi connectivity index (χ2n) is 5.16. The molecule has 18 heavy (non-hydrogen) atoms. The number of unbranched alkanes of at least 4 members (excludes halogenated alkanes) is 1. The molecule has 0 aromatic heterocycles. The maximum Gasteiger partial charge on any atom is 0.305 e. The van der Waals surface area contributed by atoms with Crippen molar-refractivity contribution in [1.82, 2.24) is 0 Å². The van der Waals surface area contributed by atoms with Crippen LogP contribution in [0.25, 0.3) is 0 Å². The van der Waals surface area contributed by atoms with Gasteiger partial charge in [-0.15, -0.1) is 0 Å². The maximum atomic E-state index is 11.0. The van der Waals surface area contributed by atoms with Crippen molar-refractivity contribution >= 4 is 12.3 Å². The first kappa shape index (κ1) is 13.1. The van der Waals surface area contributed by atoms with Gasteiger partial charge in [0, 0.05) is 6.42 Å². The fourth-order valence-corrected chi connectivity index (χ4v) is 3.04. The maximum absolute atomic E-state index is 11.0. The number of aldehydes is 1. The van der Waals surface area contributed by atoms with Crippen molar-refractivity contribution in [2.24, 2.45) is 11.8 Å². The number of carbonyl (C=O) groups excluding carboxylic acids is 2. The molecule has 2 atom stereocenters. The summed E-state index contributed by atoms with van der Waals surface area (Å²) >= 11 is 0. The van der Waals surface area contributed by atoms with Gasteiger partial charge in [-0.1, -0.05) is 17.7 Å². The van der Waals surface area contributed by atoms with Crippen LogP contribution in [0.2, 0.25) is 0 Å². The number of ether oxygens (including phenoxy) is 1. The Kier molecular flexibility index (Phi) is 4.34. The standard InChI is InChI=1S/C15H20O3/c1-18-15(17)5-3-2-4-11-8-12-6-7-13(10-16)14(12)9-11/h4,7,10,12,14H,2-3,5-6,8-9H2,1H3/b11-4-/t12-,14+/m1/s1. The van der Waals surface area contributed by atoms with Crippen LogP contribution in [0.1, 0.15) is 38.5 Å². The van der Waals surface area contributed by atoms with Gasteiger partial charge >= 0.3 is 5.97 Å². The number of carbonyl (C=O) groups is 2. The first-order valence-electron chi connectivity index (χ1n) is 6.64. The van der Waals surface area contributed by atoms with Gasteiger partial charge in [-0.25, -0.2) is 0 Å². The van der Waals surface area contributed by atoms with Crippen molar-refractivity contribution in [3.05, 3.63) is 23.3 Å². The number of allylic oxidation sites excluding steroid dienone is 4. The quantitative estimate of drug-likeness (QED) is 0.325. The highest BCUT2D eigenvalue weighted by Crippen LogP contribution is 2.46. The van der Waals surface area contributed by atoms with Gasteiger partial charge in [0.2, 0.25) is 0 Å². The second kappa shape index (κ2) is 5.98. The molecule has 2 rings (SSSR count). The highest BCUT2D eigenvalue weighted by atomic mass is 16.5. The first-order valence-corrected chi connectivity index (χ1v) is 6.64. The number of rotatable bonds is 5. The van der Waals surface area contributed by atoms with E-state index < -0.39 is 0 Å². The lowest BCUT2D eigenvalue weighted by Gasteiger charge is -2.07. The minimum Gasteiger partial charge on any atom is -0.469 e. The molecule has 0 aromatic rings. The number of hydrogen-bond donors (Lipinski definition) is 0. The van der Waals surface area contributed by atoms with Gasteiger partial charge in [-0.2, -0.15) is 0 Å². The Morgan fingerprint density at radius 2 is 2.33 bits per heavy atom. The van der Waals surface area contributed by atoms with Crippen LogP contribution in [0, 0.1) is 11.8 Å². The van der Waals surface area contributed by atoms with E-state index in [0.717, 1.165) is 44.0 Å². The molecule has 1 saturated carbocycles. The lowest BCUT2D eigenvalue weighted by Crippen LogP contribution is -2.03. The Labute approximate surface area is 108 Å². The van der Waals surface area contributed by atoms with E-state index in [1.165, 1.54) is 12.7 Å². The van der Waals surface area contributed by atoms with Gasteiger partial charge in [0.25, 0.3) is 0 Å². The van der Waals surface area contributed by atoms with Crippen molar-refractivity contribution in [2.75, 3.05) is 7.11 Å². The van der Waals surface area contributed by atoms with Crippen LogP contribution in [-0.2, 0) is 14.3 Å². The summed E-state index contributed by atoms with van der Waals surface area (Å²) in [6.07, 6.45) is 10.9. The molecule has 0 heterocycles. The fraction of sp³-hybridized carbons (Fsp3) is 0.600. The summed E-state index contributed by atoms with van der Waals surface area (Å²) in [5, 5.41) is 0. The largest absolute Gasteiger partial charge is 0.469 e. The van der Waals surface area contributed by atoms with Crippen LogP contribution in [0.4, 0.5) is 0 Å². The average molecular weight is 248 g/mol. The van der Waals surface area contributed by atoms with Gasteiger partial charge < -0.3 is 4.74 Å². The van der Waals surface area contributed by atoms with Crippen molar-refractivity contribution in [3.8, 4) is 0 Å². The van der Waals surface area contributed by atoms with Gasteiger partial charge in [-0.05, 0) is 49.5 Å². The van der Waals surface area contributed by atoms with Gasteiger partial charge in [0.15, 0.2) is 0 Å². The van der Waals surface area contributed by atoms with E-state index in [2.05, 4.69) is 16.9 Å². The molecule has 1 fully saturated rings. The topological polar surface area (TPSA) is 43.4 Å². The van der Waals surface area contributed by atoms with Crippen molar-refractivity contribution in [1.29, 1.82) is 0 Å². The molecule has 3 heteroatoms. The highest BCUT2D eigenvalue weighted by molar-refractivity contribution is 5.75. The summed E-state index contributed by atoms with van der Waals surface area (Å²) in [7, 11) is 1.42. The fourth-order valence-electron chi connectivity index (χ4n) is 3.04. The monoisotopic (exact) mass is 248 g/mol. The van der Waals surface area contributed by atoms with E-state index in [9.17, 15) is 9.59 Å². The molecule has 0 aliphatic heterocycles. The number of methoxy groups -OCH3 is 1. The van der Waals surface area contributed by atoms with Crippen molar-refractivity contribution < 1.29 is 14.3 Å². The Hall–Kier alpha value is -1.38. The minimum absolute atomic E-state index is 0.136. The summed E-state index contributed by atoms with van der Waals surface area (Å²) in [6, 6.07) is 0. The number of esters is 1. The lowest BCUT2D eigenvalue weighted by atomic mass is 9.96. The minimum atomic E-state index is -0.136. The van der Waals surface area contributed by atoms with Crippen LogP contribution in [0.5, 0.6) is 0 Å². The molecule has 0 unspecified atom stereocenters. The van der Waals surface area contributed by atoms with E-state index in [0.29, 0.717) is 18.3 Å². The number of hydrogen-bond acceptors (Lipinski definition) is 3. The average Bonchev–Trinajstić information content (AvgIpc) is 2.93. The predicted octanol–water partition coefficient (Wildman–Crippen LogP) is 2.81. The van der Waals surface area contributed by atoms with Crippen LogP contribution < -0.4 is 0 Å². The third-order valence-electron chi connectivity index (χ3n) is 4.04. The number of fused-ring (bicyclic) bond motifs is 1. The Balaban J connectivity index is 1.77. The summed E-state index contributed by atoms with van der Waals surface area (Å²) < 4.78 is 4.61. The molecular formula is C15H20O3. The molecule has 3 nitrogen and oxygen atoms in total. The van der Waals surface area contributed by atoms with Gasteiger partial charge in [0.05, 0.1) is 7.11 Å². The first-order chi connectivity index (χ1) is 8.74. The van der Waals surface area contributed by atoms with Crippen molar-refractivity contribution in [2.45, 2.75) is 38.5 Å². The van der Waals surface area contributed by atoms with Crippen LogP contribution in [-0.4, -0.2) is 19.4 Å². The van der Waals surface area contributed by atoms with E-state index >= 15 is 0 Å². The van der Waals surface area contributed by atoms with E-state index in [1.54, 1.807) is 0 Å². The third kappa shape index (κ3) is 2.89. The summed E-state index contributed by atoms with van der Waals surface area (Å²) in [5.41, 5.74) is 2.46. The zero-order valence-corrected chi connectivity index (χ0v) is 10.9. The second-order valence-corrected chi connectivity index (χ2v) is 5.16. The summed E-state index contributed by atoms with van der Waals surface area (Å²) in [6.45, 7) is 0. The van der Waals surface area contributed by atoms with Crippen LogP contribution >= 0.6 is 0 Å². The lowest BCUT2D eigenvalue weighted by molar-refractivity contribution is -0.140. The molecule has 0 amide bonds. The molecule has 0 N–H and O–H groups in total. The van der Waals surface area contributed by atoms with E-state index in [4.69, 9.17) is 0 Å². The molecule has 0 saturated heterocycles. The van der Waals surface area contributed by atoms with E-state index in [-0.39, 0.29) is 5.97 Å². The zero-order valence-electron chi connectivity index (χ0n) is 10.9. The SMILES string of the molecule is COC(=O)CCC/C=C1/C[C@H]2CC=C(C=O)[C@H]2C1. The van der Waals surface area contributed by atoms with Crippen LogP contribution in [0.3, 0.4) is 0 Å². The zero-order chi connectivity index (χ0) is 13.0. The molecule has 2 aliphatic carbocycles. The Morgan fingerprint density at radius 3 is 3.06 bits per heavy atom. The van der Waals surface area contributed by atoms with Crippen molar-refractivity contribution in [3.63, 3.8) is 0 Å². The Bertz CT molecular complexity index is 393.